The van der Waals surface area contributed by atoms with E-state index in [1.54, 1.807) is 0 Å². The van der Waals surface area contributed by atoms with E-state index in [0.717, 1.165) is 23.7 Å². The van der Waals surface area contributed by atoms with Crippen LogP contribution in [0.25, 0.3) is 0 Å². The second kappa shape index (κ2) is 7.31. The van der Waals surface area contributed by atoms with Gasteiger partial charge in [0.05, 0.1) is 0 Å². The van der Waals surface area contributed by atoms with Crippen molar-refractivity contribution in [3.05, 3.63) is 0 Å². The normalized spacial score (nSPS) is 16.3. The van der Waals surface area contributed by atoms with Crippen LogP contribution in [0.4, 0.5) is 0 Å². The predicted octanol–water partition coefficient (Wildman–Crippen LogP) is 5.13. The van der Waals surface area contributed by atoms with E-state index < -0.39 is 0 Å². The first-order valence-corrected chi connectivity index (χ1v) is 6.41. The zero-order chi connectivity index (χ0) is 11.1. The first-order valence-electron chi connectivity index (χ1n) is 6.41. The van der Waals surface area contributed by atoms with Crippen LogP contribution in [0.3, 0.4) is 0 Å². The van der Waals surface area contributed by atoms with Crippen LogP contribution >= 0.6 is 0 Å². The SMILES string of the molecule is CC(C)CCC(C)CC(C)CC(C)C. The van der Waals surface area contributed by atoms with Gasteiger partial charge in [-0.15, -0.1) is 0 Å². The van der Waals surface area contributed by atoms with E-state index in [2.05, 4.69) is 41.5 Å². The summed E-state index contributed by atoms with van der Waals surface area (Å²) in [4.78, 5) is 0. The molecule has 0 bridgehead atoms. The summed E-state index contributed by atoms with van der Waals surface area (Å²) in [7, 11) is 0. The van der Waals surface area contributed by atoms with Crippen LogP contribution in [0.1, 0.15) is 67.2 Å². The highest BCUT2D eigenvalue weighted by atomic mass is 14.2. The fraction of sp³-hybridized carbons (Fsp3) is 1.00. The third-order valence-electron chi connectivity index (χ3n) is 2.92. The van der Waals surface area contributed by atoms with Gasteiger partial charge in [0.15, 0.2) is 0 Å². The van der Waals surface area contributed by atoms with Gasteiger partial charge in [0, 0.05) is 0 Å². The molecule has 0 aromatic rings. The van der Waals surface area contributed by atoms with E-state index >= 15 is 0 Å². The molecule has 0 spiro atoms. The van der Waals surface area contributed by atoms with Crippen molar-refractivity contribution in [3.8, 4) is 0 Å². The van der Waals surface area contributed by atoms with Gasteiger partial charge in [-0.25, -0.2) is 0 Å². The molecule has 0 saturated heterocycles. The van der Waals surface area contributed by atoms with Crippen LogP contribution in [0.15, 0.2) is 0 Å². The van der Waals surface area contributed by atoms with Gasteiger partial charge in [-0.05, 0) is 36.5 Å². The summed E-state index contributed by atoms with van der Waals surface area (Å²) in [6.45, 7) is 14.1. The van der Waals surface area contributed by atoms with Crippen molar-refractivity contribution in [2.24, 2.45) is 23.7 Å². The van der Waals surface area contributed by atoms with E-state index in [4.69, 9.17) is 0 Å². The van der Waals surface area contributed by atoms with Gasteiger partial charge >= 0.3 is 0 Å². The quantitative estimate of drug-likeness (QED) is 0.532. The molecule has 0 saturated carbocycles. The molecule has 0 fully saturated rings. The first-order chi connectivity index (χ1) is 6.41. The van der Waals surface area contributed by atoms with Gasteiger partial charge in [-0.1, -0.05) is 54.4 Å². The molecule has 2 atom stereocenters. The molecule has 0 nitrogen and oxygen atoms in total. The maximum atomic E-state index is 2.42. The lowest BCUT2D eigenvalue weighted by atomic mass is 9.87. The molecule has 0 aliphatic heterocycles. The average molecular weight is 198 g/mol. The van der Waals surface area contributed by atoms with Crippen LogP contribution in [-0.2, 0) is 0 Å². The molecule has 0 heteroatoms. The Bertz CT molecular complexity index is 124. The standard InChI is InChI=1S/C14H30/c1-11(2)7-8-13(5)10-14(6)9-12(3)4/h11-14H,7-10H2,1-6H3. The monoisotopic (exact) mass is 198 g/mol. The second-order valence-corrected chi connectivity index (χ2v) is 6.05. The van der Waals surface area contributed by atoms with Crippen molar-refractivity contribution in [3.63, 3.8) is 0 Å². The third-order valence-corrected chi connectivity index (χ3v) is 2.92. The molecule has 0 aliphatic rings. The van der Waals surface area contributed by atoms with E-state index in [9.17, 15) is 0 Å². The van der Waals surface area contributed by atoms with Crippen molar-refractivity contribution < 1.29 is 0 Å². The Morgan fingerprint density at radius 2 is 1.14 bits per heavy atom. The topological polar surface area (TPSA) is 0 Å². The van der Waals surface area contributed by atoms with Gasteiger partial charge in [-0.3, -0.25) is 0 Å². The van der Waals surface area contributed by atoms with Crippen molar-refractivity contribution in [2.45, 2.75) is 67.2 Å². The molecule has 0 N–H and O–H groups in total. The van der Waals surface area contributed by atoms with Crippen LogP contribution in [0, 0.1) is 23.7 Å². The predicted molar refractivity (Wildman–Crippen MR) is 66.5 cm³/mol. The summed E-state index contributed by atoms with van der Waals surface area (Å²) < 4.78 is 0. The van der Waals surface area contributed by atoms with Crippen molar-refractivity contribution >= 4 is 0 Å². The van der Waals surface area contributed by atoms with Gasteiger partial charge in [0.25, 0.3) is 0 Å². The zero-order valence-electron chi connectivity index (χ0n) is 11.1. The Hall–Kier alpha value is 0. The maximum absolute atomic E-state index is 2.42. The summed E-state index contributed by atoms with van der Waals surface area (Å²) in [5.74, 6) is 3.57. The highest BCUT2D eigenvalue weighted by Gasteiger charge is 2.10. The molecular formula is C14H30. The first kappa shape index (κ1) is 14.0. The van der Waals surface area contributed by atoms with Crippen LogP contribution in [0.2, 0.25) is 0 Å². The van der Waals surface area contributed by atoms with Gasteiger partial charge in [-0.2, -0.15) is 0 Å². The summed E-state index contributed by atoms with van der Waals surface area (Å²) in [6, 6.07) is 0. The van der Waals surface area contributed by atoms with Crippen LogP contribution < -0.4 is 0 Å². The molecule has 0 aromatic heterocycles. The lowest BCUT2D eigenvalue weighted by molar-refractivity contribution is 0.329. The van der Waals surface area contributed by atoms with Crippen molar-refractivity contribution in [2.75, 3.05) is 0 Å². The molecular weight excluding hydrogens is 168 g/mol. The molecule has 0 aromatic carbocycles. The molecule has 14 heavy (non-hydrogen) atoms. The summed E-state index contributed by atoms with van der Waals surface area (Å²) in [6.07, 6.45) is 5.63. The van der Waals surface area contributed by atoms with Crippen molar-refractivity contribution in [1.82, 2.24) is 0 Å². The summed E-state index contributed by atoms with van der Waals surface area (Å²) in [5, 5.41) is 0. The Morgan fingerprint density at radius 3 is 1.57 bits per heavy atom. The largest absolute Gasteiger partial charge is 0.0628 e. The fourth-order valence-corrected chi connectivity index (χ4v) is 2.32. The maximum Gasteiger partial charge on any atom is -0.0438 e. The van der Waals surface area contributed by atoms with E-state index in [0.29, 0.717) is 0 Å². The van der Waals surface area contributed by atoms with E-state index in [-0.39, 0.29) is 0 Å². The molecule has 0 aliphatic carbocycles. The lowest BCUT2D eigenvalue weighted by Gasteiger charge is -2.19. The van der Waals surface area contributed by atoms with Gasteiger partial charge in [0.2, 0.25) is 0 Å². The Kier molecular flexibility index (Phi) is 7.31. The third kappa shape index (κ3) is 8.59. The minimum atomic E-state index is 0.863. The molecule has 0 amide bonds. The molecule has 0 heterocycles. The van der Waals surface area contributed by atoms with Gasteiger partial charge in [0.1, 0.15) is 0 Å². The number of hydrogen-bond acceptors (Lipinski definition) is 0. The number of hydrogen-bond donors (Lipinski definition) is 0. The average Bonchev–Trinajstić information content (AvgIpc) is 1.98. The minimum Gasteiger partial charge on any atom is -0.0628 e. The molecule has 86 valence electrons. The molecule has 0 rings (SSSR count). The summed E-state index contributed by atoms with van der Waals surface area (Å²) >= 11 is 0. The molecule has 0 radical (unpaired) electrons. The summed E-state index contributed by atoms with van der Waals surface area (Å²) in [5.41, 5.74) is 0. The zero-order valence-corrected chi connectivity index (χ0v) is 11.1. The Morgan fingerprint density at radius 1 is 0.571 bits per heavy atom. The van der Waals surface area contributed by atoms with Crippen molar-refractivity contribution in [1.29, 1.82) is 0 Å². The lowest BCUT2D eigenvalue weighted by Crippen LogP contribution is -2.07. The Labute approximate surface area is 91.5 Å². The fourth-order valence-electron chi connectivity index (χ4n) is 2.32. The smallest absolute Gasteiger partial charge is 0.0438 e. The van der Waals surface area contributed by atoms with E-state index in [1.165, 1.54) is 25.7 Å². The highest BCUT2D eigenvalue weighted by Crippen LogP contribution is 2.23. The van der Waals surface area contributed by atoms with E-state index in [1.807, 2.05) is 0 Å². The number of rotatable bonds is 7. The van der Waals surface area contributed by atoms with Gasteiger partial charge < -0.3 is 0 Å². The minimum absolute atomic E-state index is 0.863. The van der Waals surface area contributed by atoms with Crippen LogP contribution in [-0.4, -0.2) is 0 Å². The second-order valence-electron chi connectivity index (χ2n) is 6.05. The Balaban J connectivity index is 3.55. The molecule has 2 unspecified atom stereocenters. The van der Waals surface area contributed by atoms with Crippen LogP contribution in [0.5, 0.6) is 0 Å². The highest BCUT2D eigenvalue weighted by molar-refractivity contribution is 4.62.